The Kier molecular flexibility index (Phi) is 7.70. The van der Waals surface area contributed by atoms with Gasteiger partial charge in [0.25, 0.3) is 0 Å². The first-order chi connectivity index (χ1) is 16.1. The van der Waals surface area contributed by atoms with Crippen molar-refractivity contribution < 1.29 is 9.59 Å². The minimum atomic E-state index is -0.754. The molecule has 0 radical (unpaired) electrons. The largest absolute Gasteiger partial charge is 0.343 e. The van der Waals surface area contributed by atoms with Crippen LogP contribution in [-0.2, 0) is 21.4 Å². The number of halogens is 4. The summed E-state index contributed by atoms with van der Waals surface area (Å²) in [5.41, 5.74) is 0.740. The average Bonchev–Trinajstić information content (AvgIpc) is 3.42. The molecule has 2 aromatic carbocycles. The quantitative estimate of drug-likeness (QED) is 0.521. The molecule has 0 aromatic heterocycles. The van der Waals surface area contributed by atoms with Crippen molar-refractivity contribution in [2.24, 2.45) is 0 Å². The lowest BCUT2D eigenvalue weighted by Gasteiger charge is -2.28. The second kappa shape index (κ2) is 10.2. The van der Waals surface area contributed by atoms with Crippen molar-refractivity contribution in [2.45, 2.75) is 43.2 Å². The first kappa shape index (κ1) is 25.6. The van der Waals surface area contributed by atoms with Crippen molar-refractivity contribution in [1.29, 1.82) is 0 Å². The van der Waals surface area contributed by atoms with E-state index in [0.29, 0.717) is 52.1 Å². The number of likely N-dealkylation sites (tertiary alicyclic amines) is 1. The van der Waals surface area contributed by atoms with Gasteiger partial charge in [0, 0.05) is 45.6 Å². The zero-order valence-electron chi connectivity index (χ0n) is 19.1. The zero-order chi connectivity index (χ0) is 24.6. The molecule has 2 fully saturated rings. The molecule has 2 atom stereocenters. The van der Waals surface area contributed by atoms with E-state index >= 15 is 0 Å². The highest BCUT2D eigenvalue weighted by molar-refractivity contribution is 6.35. The van der Waals surface area contributed by atoms with E-state index in [9.17, 15) is 9.59 Å². The van der Waals surface area contributed by atoms with Crippen LogP contribution in [0, 0.1) is 0 Å². The van der Waals surface area contributed by atoms with Crippen molar-refractivity contribution >= 4 is 58.2 Å². The molecule has 2 aromatic rings. The molecular weight excluding hydrogens is 516 g/mol. The summed E-state index contributed by atoms with van der Waals surface area (Å²) in [5.74, 6) is -0.315. The van der Waals surface area contributed by atoms with Crippen molar-refractivity contribution in [2.75, 3.05) is 27.2 Å². The first-order valence-electron chi connectivity index (χ1n) is 11.3. The molecule has 182 valence electrons. The van der Waals surface area contributed by atoms with Gasteiger partial charge in [-0.05, 0) is 68.8 Å². The fourth-order valence-electron chi connectivity index (χ4n) is 4.61. The fraction of sp³-hybridized carbons (Fsp3) is 0.440. The van der Waals surface area contributed by atoms with Gasteiger partial charge in [0.1, 0.15) is 6.04 Å². The van der Waals surface area contributed by atoms with Crippen LogP contribution in [0.15, 0.2) is 36.4 Å². The van der Waals surface area contributed by atoms with Crippen molar-refractivity contribution in [3.05, 3.63) is 67.6 Å². The number of nitrogens with zero attached hydrogens (tertiary/aromatic N) is 2. The van der Waals surface area contributed by atoms with E-state index in [-0.39, 0.29) is 18.2 Å². The van der Waals surface area contributed by atoms with Crippen molar-refractivity contribution in [3.63, 3.8) is 0 Å². The van der Waals surface area contributed by atoms with Gasteiger partial charge < -0.3 is 15.1 Å². The van der Waals surface area contributed by atoms with Crippen LogP contribution < -0.4 is 5.32 Å². The summed E-state index contributed by atoms with van der Waals surface area (Å²) in [4.78, 5) is 31.1. The number of carbonyl (C=O) groups excluding carboxylic acids is 2. The van der Waals surface area contributed by atoms with Crippen molar-refractivity contribution in [3.8, 4) is 0 Å². The summed E-state index contributed by atoms with van der Waals surface area (Å²) in [6.45, 7) is 1.28. The maximum Gasteiger partial charge on any atom is 0.245 e. The third kappa shape index (κ3) is 5.34. The molecule has 5 nitrogen and oxygen atoms in total. The molecule has 2 aliphatic rings. The maximum absolute atomic E-state index is 13.6. The standard InChI is InChI=1S/C25H27Cl4N3O2/c1-31(2)18-7-10-32(14-18)23(33)22(11-15-3-4-16(26)12-20(15)28)30-24(34)25(8-9-25)19-6-5-17(27)13-21(19)29/h3-6,12-13,18,22H,7-11,14H2,1-2H3,(H,30,34)/t18-,22?/m1/s1. The summed E-state index contributed by atoms with van der Waals surface area (Å²) in [6, 6.07) is 9.90. The van der Waals surface area contributed by atoms with Crippen LogP contribution in [-0.4, -0.2) is 60.9 Å². The number of nitrogens with one attached hydrogen (secondary N) is 1. The van der Waals surface area contributed by atoms with Gasteiger partial charge in [0.15, 0.2) is 0 Å². The Balaban J connectivity index is 1.58. The number of amides is 2. The minimum absolute atomic E-state index is 0.110. The lowest BCUT2D eigenvalue weighted by atomic mass is 9.93. The highest BCUT2D eigenvalue weighted by Crippen LogP contribution is 2.51. The second-order valence-electron chi connectivity index (χ2n) is 9.36. The third-order valence-corrected chi connectivity index (χ3v) is 8.01. The van der Waals surface area contributed by atoms with Gasteiger partial charge in [-0.2, -0.15) is 0 Å². The first-order valence-corrected chi connectivity index (χ1v) is 12.8. The van der Waals surface area contributed by atoms with Gasteiger partial charge in [-0.15, -0.1) is 0 Å². The number of benzene rings is 2. The lowest BCUT2D eigenvalue weighted by Crippen LogP contribution is -2.52. The topological polar surface area (TPSA) is 52.6 Å². The molecule has 0 bridgehead atoms. The van der Waals surface area contributed by atoms with Gasteiger partial charge in [0.05, 0.1) is 5.41 Å². The predicted octanol–water partition coefficient (Wildman–Crippen LogP) is 5.22. The van der Waals surface area contributed by atoms with Crippen LogP contribution in [0.4, 0.5) is 0 Å². The molecule has 0 spiro atoms. The maximum atomic E-state index is 13.6. The third-order valence-electron chi connectivity index (χ3n) is 6.88. The van der Waals surface area contributed by atoms with Crippen LogP contribution >= 0.6 is 46.4 Å². The molecule has 4 rings (SSSR count). The second-order valence-corrected chi connectivity index (χ2v) is 11.0. The summed E-state index contributed by atoms with van der Waals surface area (Å²) in [6.07, 6.45) is 2.49. The zero-order valence-corrected chi connectivity index (χ0v) is 22.1. The minimum Gasteiger partial charge on any atom is -0.343 e. The predicted molar refractivity (Wildman–Crippen MR) is 138 cm³/mol. The van der Waals surface area contributed by atoms with E-state index < -0.39 is 11.5 Å². The van der Waals surface area contributed by atoms with E-state index in [4.69, 9.17) is 46.4 Å². The Morgan fingerprint density at radius 1 is 1.06 bits per heavy atom. The van der Waals surface area contributed by atoms with Gasteiger partial charge in [-0.25, -0.2) is 0 Å². The Bertz CT molecular complexity index is 1100. The molecule has 1 N–H and O–H groups in total. The molecule has 34 heavy (non-hydrogen) atoms. The Labute approximate surface area is 220 Å². The number of rotatable bonds is 7. The molecule has 1 saturated heterocycles. The van der Waals surface area contributed by atoms with E-state index in [1.54, 1.807) is 36.4 Å². The molecule has 2 amide bonds. The number of carbonyl (C=O) groups is 2. The van der Waals surface area contributed by atoms with Gasteiger partial charge >= 0.3 is 0 Å². The Morgan fingerprint density at radius 3 is 2.26 bits per heavy atom. The molecular formula is C25H27Cl4N3O2. The van der Waals surface area contributed by atoms with Gasteiger partial charge in [0.2, 0.25) is 11.8 Å². The lowest BCUT2D eigenvalue weighted by molar-refractivity contribution is -0.136. The molecule has 1 aliphatic heterocycles. The van der Waals surface area contributed by atoms with E-state index in [0.717, 1.165) is 17.5 Å². The smallest absolute Gasteiger partial charge is 0.245 e. The highest BCUT2D eigenvalue weighted by atomic mass is 35.5. The number of likely N-dealkylation sites (N-methyl/N-ethyl adjacent to an activating group) is 1. The van der Waals surface area contributed by atoms with Crippen LogP contribution in [0.1, 0.15) is 30.4 Å². The highest BCUT2D eigenvalue weighted by Gasteiger charge is 2.53. The van der Waals surface area contributed by atoms with Crippen LogP contribution in [0.2, 0.25) is 20.1 Å². The summed E-state index contributed by atoms with van der Waals surface area (Å²) < 4.78 is 0. The SMILES string of the molecule is CN(C)[C@@H]1CCN(C(=O)C(Cc2ccc(Cl)cc2Cl)NC(=O)C2(c3ccc(Cl)cc3Cl)CC2)C1. The van der Waals surface area contributed by atoms with Gasteiger partial charge in [-0.1, -0.05) is 58.5 Å². The van der Waals surface area contributed by atoms with E-state index in [2.05, 4.69) is 10.2 Å². The number of hydrogen-bond donors (Lipinski definition) is 1. The summed E-state index contributed by atoms with van der Waals surface area (Å²) in [7, 11) is 4.02. The van der Waals surface area contributed by atoms with Crippen LogP contribution in [0.5, 0.6) is 0 Å². The Hall–Kier alpha value is -1.50. The summed E-state index contributed by atoms with van der Waals surface area (Å²) >= 11 is 25.0. The molecule has 1 saturated carbocycles. The normalized spacial score (nSPS) is 19.9. The van der Waals surface area contributed by atoms with E-state index in [1.807, 2.05) is 19.0 Å². The molecule has 9 heteroatoms. The van der Waals surface area contributed by atoms with Crippen LogP contribution in [0.3, 0.4) is 0 Å². The average molecular weight is 543 g/mol. The van der Waals surface area contributed by atoms with E-state index in [1.165, 1.54) is 0 Å². The van der Waals surface area contributed by atoms with Gasteiger partial charge in [-0.3, -0.25) is 9.59 Å². The monoisotopic (exact) mass is 541 g/mol. The number of hydrogen-bond acceptors (Lipinski definition) is 3. The fourth-order valence-corrected chi connectivity index (χ4v) is 5.68. The van der Waals surface area contributed by atoms with Crippen LogP contribution in [0.25, 0.3) is 0 Å². The van der Waals surface area contributed by atoms with Crippen molar-refractivity contribution in [1.82, 2.24) is 15.1 Å². The molecule has 1 heterocycles. The molecule has 1 unspecified atom stereocenters. The molecule has 1 aliphatic carbocycles. The summed E-state index contributed by atoms with van der Waals surface area (Å²) in [5, 5.41) is 5.00. The Morgan fingerprint density at radius 2 is 1.71 bits per heavy atom.